The summed E-state index contributed by atoms with van der Waals surface area (Å²) in [5.41, 5.74) is 2.83. The second-order valence-corrected chi connectivity index (χ2v) is 9.77. The van der Waals surface area contributed by atoms with E-state index in [0.29, 0.717) is 22.5 Å². The van der Waals surface area contributed by atoms with Crippen LogP contribution >= 0.6 is 8.03 Å². The SMILES string of the molecule is C#CC(C(O)CC(=O)Oc1c(-c2ccc(F)cc2)cc(-c2ccccc2C)nc1C(C)C)[PH](=O)O. The molecule has 6 nitrogen and oxygen atoms in total. The van der Waals surface area contributed by atoms with Crippen molar-refractivity contribution < 1.29 is 28.5 Å². The van der Waals surface area contributed by atoms with Gasteiger partial charge in [-0.2, -0.15) is 0 Å². The number of terminal acetylenes is 1. The zero-order chi connectivity index (χ0) is 25.7. The first-order valence-corrected chi connectivity index (χ1v) is 12.5. The van der Waals surface area contributed by atoms with Gasteiger partial charge in [0.15, 0.2) is 5.75 Å². The van der Waals surface area contributed by atoms with E-state index in [1.54, 1.807) is 18.2 Å². The van der Waals surface area contributed by atoms with E-state index in [0.717, 1.165) is 11.1 Å². The number of halogens is 1. The van der Waals surface area contributed by atoms with E-state index in [1.165, 1.54) is 12.1 Å². The predicted molar refractivity (Wildman–Crippen MR) is 134 cm³/mol. The molecule has 0 bridgehead atoms. The lowest BCUT2D eigenvalue weighted by atomic mass is 9.96. The minimum absolute atomic E-state index is 0.154. The van der Waals surface area contributed by atoms with Gasteiger partial charge in [0, 0.05) is 11.1 Å². The summed E-state index contributed by atoms with van der Waals surface area (Å²) in [6, 6.07) is 15.3. The number of benzene rings is 2. The van der Waals surface area contributed by atoms with E-state index in [4.69, 9.17) is 16.1 Å². The van der Waals surface area contributed by atoms with Gasteiger partial charge < -0.3 is 14.7 Å². The molecule has 0 aliphatic carbocycles. The van der Waals surface area contributed by atoms with Crippen LogP contribution in [0.25, 0.3) is 22.4 Å². The molecule has 0 fully saturated rings. The van der Waals surface area contributed by atoms with E-state index in [2.05, 4.69) is 5.92 Å². The van der Waals surface area contributed by atoms with Gasteiger partial charge in [0.25, 0.3) is 0 Å². The number of carbonyl (C=O) groups is 1. The number of aromatic nitrogens is 1. The fraction of sp³-hybridized carbons (Fsp3) is 0.259. The number of pyridine rings is 1. The highest BCUT2D eigenvalue weighted by molar-refractivity contribution is 7.39. The second-order valence-electron chi connectivity index (χ2n) is 8.47. The molecule has 1 aromatic heterocycles. The predicted octanol–water partition coefficient (Wildman–Crippen LogP) is 5.11. The number of rotatable bonds is 8. The van der Waals surface area contributed by atoms with Crippen molar-refractivity contribution in [2.45, 2.75) is 44.9 Å². The smallest absolute Gasteiger partial charge is 0.313 e. The van der Waals surface area contributed by atoms with E-state index < -0.39 is 38.0 Å². The number of esters is 1. The number of aliphatic hydroxyl groups is 1. The van der Waals surface area contributed by atoms with Crippen LogP contribution in [-0.4, -0.2) is 32.7 Å². The maximum absolute atomic E-state index is 13.7. The van der Waals surface area contributed by atoms with Crippen molar-refractivity contribution in [3.8, 4) is 40.5 Å². The van der Waals surface area contributed by atoms with Gasteiger partial charge in [-0.3, -0.25) is 9.36 Å². The maximum atomic E-state index is 13.7. The van der Waals surface area contributed by atoms with Crippen molar-refractivity contribution in [2.24, 2.45) is 0 Å². The summed E-state index contributed by atoms with van der Waals surface area (Å²) < 4.78 is 30.8. The van der Waals surface area contributed by atoms with Gasteiger partial charge in [-0.15, -0.1) is 6.42 Å². The summed E-state index contributed by atoms with van der Waals surface area (Å²) in [5, 5.41) is 10.2. The van der Waals surface area contributed by atoms with Crippen LogP contribution in [0.4, 0.5) is 4.39 Å². The summed E-state index contributed by atoms with van der Waals surface area (Å²) in [4.78, 5) is 26.9. The molecule has 0 saturated carbocycles. The van der Waals surface area contributed by atoms with Gasteiger partial charge in [0.05, 0.1) is 23.9 Å². The van der Waals surface area contributed by atoms with Crippen LogP contribution in [0.3, 0.4) is 0 Å². The Hall–Kier alpha value is -3.30. The Morgan fingerprint density at radius 2 is 1.83 bits per heavy atom. The number of carbonyl (C=O) groups excluding carboxylic acids is 1. The first kappa shape index (κ1) is 26.3. The van der Waals surface area contributed by atoms with Crippen LogP contribution in [0.2, 0.25) is 0 Å². The van der Waals surface area contributed by atoms with Gasteiger partial charge in [-0.1, -0.05) is 56.2 Å². The molecular weight excluding hydrogens is 468 g/mol. The lowest BCUT2D eigenvalue weighted by Crippen LogP contribution is -2.27. The van der Waals surface area contributed by atoms with Crippen LogP contribution < -0.4 is 4.74 Å². The average molecular weight is 495 g/mol. The fourth-order valence-corrected chi connectivity index (χ4v) is 4.27. The largest absolute Gasteiger partial charge is 0.424 e. The van der Waals surface area contributed by atoms with Crippen LogP contribution in [0.5, 0.6) is 5.75 Å². The van der Waals surface area contributed by atoms with Gasteiger partial charge in [0.1, 0.15) is 11.5 Å². The van der Waals surface area contributed by atoms with Crippen molar-refractivity contribution >= 4 is 14.0 Å². The lowest BCUT2D eigenvalue weighted by Gasteiger charge is -2.20. The highest BCUT2D eigenvalue weighted by Gasteiger charge is 2.27. The third-order valence-corrected chi connectivity index (χ3v) is 6.63. The summed E-state index contributed by atoms with van der Waals surface area (Å²) in [5.74, 6) is 0.826. The number of hydrogen-bond acceptors (Lipinski definition) is 5. The third-order valence-electron chi connectivity index (χ3n) is 5.54. The highest BCUT2D eigenvalue weighted by Crippen LogP contribution is 2.40. The molecule has 8 heteroatoms. The monoisotopic (exact) mass is 495 g/mol. The Bertz CT molecular complexity index is 1280. The number of ether oxygens (including phenoxy) is 1. The van der Waals surface area contributed by atoms with Crippen molar-refractivity contribution in [1.29, 1.82) is 0 Å². The van der Waals surface area contributed by atoms with Crippen molar-refractivity contribution in [3.05, 3.63) is 71.7 Å². The van der Waals surface area contributed by atoms with Gasteiger partial charge in [0.2, 0.25) is 8.03 Å². The Labute approximate surface area is 204 Å². The lowest BCUT2D eigenvalue weighted by molar-refractivity contribution is -0.136. The molecule has 2 N–H and O–H groups in total. The normalized spacial score (nSPS) is 13.7. The summed E-state index contributed by atoms with van der Waals surface area (Å²) in [6.45, 7) is 5.77. The molecule has 182 valence electrons. The maximum Gasteiger partial charge on any atom is 0.313 e. The molecule has 3 unspecified atom stereocenters. The zero-order valence-electron chi connectivity index (χ0n) is 19.7. The first-order valence-electron chi connectivity index (χ1n) is 11.1. The van der Waals surface area contributed by atoms with Gasteiger partial charge >= 0.3 is 5.97 Å². The Morgan fingerprint density at radius 3 is 2.40 bits per heavy atom. The number of nitrogens with zero attached hydrogens (tertiary/aromatic N) is 1. The summed E-state index contributed by atoms with van der Waals surface area (Å²) in [7, 11) is -3.25. The molecule has 3 aromatic rings. The molecule has 0 radical (unpaired) electrons. The molecule has 0 aliphatic heterocycles. The van der Waals surface area contributed by atoms with Crippen LogP contribution in [0.1, 0.15) is 37.4 Å². The second kappa shape index (κ2) is 11.4. The van der Waals surface area contributed by atoms with Crippen LogP contribution in [-0.2, 0) is 9.36 Å². The van der Waals surface area contributed by atoms with Gasteiger partial charge in [-0.05, 0) is 42.2 Å². The zero-order valence-corrected chi connectivity index (χ0v) is 20.7. The number of aryl methyl sites for hydroxylation is 1. The number of aliphatic hydroxyl groups excluding tert-OH is 1. The van der Waals surface area contributed by atoms with Crippen molar-refractivity contribution in [1.82, 2.24) is 4.98 Å². The minimum atomic E-state index is -3.25. The molecule has 0 spiro atoms. The van der Waals surface area contributed by atoms with E-state index in [9.17, 15) is 23.7 Å². The van der Waals surface area contributed by atoms with Crippen LogP contribution in [0.15, 0.2) is 54.6 Å². The Balaban J connectivity index is 2.12. The minimum Gasteiger partial charge on any atom is -0.424 e. The third kappa shape index (κ3) is 6.23. The fourth-order valence-electron chi connectivity index (χ4n) is 3.68. The van der Waals surface area contributed by atoms with Crippen molar-refractivity contribution in [3.63, 3.8) is 0 Å². The first-order chi connectivity index (χ1) is 16.6. The quantitative estimate of drug-likeness (QED) is 0.256. The Morgan fingerprint density at radius 1 is 1.17 bits per heavy atom. The van der Waals surface area contributed by atoms with E-state index >= 15 is 0 Å². The van der Waals surface area contributed by atoms with E-state index in [-0.39, 0.29) is 11.7 Å². The molecule has 2 aromatic carbocycles. The highest BCUT2D eigenvalue weighted by atomic mass is 31.1. The summed E-state index contributed by atoms with van der Waals surface area (Å²) in [6.07, 6.45) is 3.11. The molecule has 0 saturated heterocycles. The summed E-state index contributed by atoms with van der Waals surface area (Å²) >= 11 is 0. The number of hydrogen-bond donors (Lipinski definition) is 2. The van der Waals surface area contributed by atoms with E-state index in [1.807, 2.05) is 45.0 Å². The van der Waals surface area contributed by atoms with Crippen LogP contribution in [0, 0.1) is 25.1 Å². The average Bonchev–Trinajstić information content (AvgIpc) is 2.80. The molecule has 3 atom stereocenters. The van der Waals surface area contributed by atoms with Gasteiger partial charge in [-0.25, -0.2) is 9.37 Å². The molecule has 0 aliphatic rings. The Kier molecular flexibility index (Phi) is 8.58. The molecule has 0 amide bonds. The van der Waals surface area contributed by atoms with Crippen molar-refractivity contribution in [2.75, 3.05) is 0 Å². The molecule has 35 heavy (non-hydrogen) atoms. The molecule has 1 heterocycles. The molecule has 3 rings (SSSR count). The topological polar surface area (TPSA) is 96.7 Å². The standard InChI is InChI=1S/C27H27FNO5P/c1-5-24(35(32)33)23(30)15-25(31)34-27-21(18-10-12-19(28)13-11-18)14-22(29-26(27)16(2)3)20-9-7-6-8-17(20)4/h1,6-14,16,23-24,30,35H,15H2,2-4H3,(H,32,33). The molecular formula is C27H27FNO5P.